The summed E-state index contributed by atoms with van der Waals surface area (Å²) in [5.41, 5.74) is -0.580. The average molecular weight is 552 g/mol. The topological polar surface area (TPSA) is 127 Å². The van der Waals surface area contributed by atoms with E-state index in [1.165, 1.54) is 9.96 Å². The minimum Gasteiger partial charge on any atom is -0.444 e. The van der Waals surface area contributed by atoms with E-state index in [0.717, 1.165) is 25.7 Å². The summed E-state index contributed by atoms with van der Waals surface area (Å²) >= 11 is 0. The van der Waals surface area contributed by atoms with Crippen LogP contribution in [0.5, 0.6) is 0 Å². The molecule has 0 unspecified atom stereocenters. The lowest BCUT2D eigenvalue weighted by atomic mass is 9.98. The number of nitrogens with zero attached hydrogens (tertiary/aromatic N) is 4. The number of piperidine rings is 1. The number of hydrogen-bond acceptors (Lipinski definition) is 8. The molecule has 2 saturated heterocycles. The van der Waals surface area contributed by atoms with Crippen LogP contribution < -0.4 is 5.32 Å². The van der Waals surface area contributed by atoms with Gasteiger partial charge in [-0.3, -0.25) is 4.84 Å². The summed E-state index contributed by atoms with van der Waals surface area (Å²) in [6.45, 7) is 14.7. The van der Waals surface area contributed by atoms with E-state index in [-0.39, 0.29) is 31.2 Å². The number of unbranched alkanes of at least 4 members (excludes halogenated alkanes) is 1. The summed E-state index contributed by atoms with van der Waals surface area (Å²) in [6, 6.07) is 1.61. The maximum atomic E-state index is 13.0. The van der Waals surface area contributed by atoms with E-state index in [2.05, 4.69) is 17.4 Å². The zero-order valence-electron chi connectivity index (χ0n) is 24.4. The fourth-order valence-corrected chi connectivity index (χ4v) is 4.49. The van der Waals surface area contributed by atoms with Crippen LogP contribution in [-0.4, -0.2) is 88.3 Å². The Morgan fingerprint density at radius 1 is 1.13 bits per heavy atom. The average Bonchev–Trinajstić information content (AvgIpc) is 3.38. The predicted molar refractivity (Wildman–Crippen MR) is 143 cm³/mol. The van der Waals surface area contributed by atoms with Crippen LogP contribution in [0.1, 0.15) is 91.6 Å². The Morgan fingerprint density at radius 3 is 2.51 bits per heavy atom. The van der Waals surface area contributed by atoms with Crippen LogP contribution in [0.25, 0.3) is 0 Å². The molecule has 2 atom stereocenters. The SMILES string of the molecule is CCCCON1C(=O)N2C[C@@H]1CC[C@H]2c1cc(CCN(CCNC(=O)OC(C)(C)C)C(=O)OC(C)(C)C)on1. The van der Waals surface area contributed by atoms with Crippen LogP contribution >= 0.6 is 0 Å². The van der Waals surface area contributed by atoms with Crippen molar-refractivity contribution in [2.75, 3.05) is 32.8 Å². The third-order valence-electron chi connectivity index (χ3n) is 6.30. The second-order valence-electron chi connectivity index (χ2n) is 12.1. The highest BCUT2D eigenvalue weighted by Crippen LogP contribution is 2.38. The van der Waals surface area contributed by atoms with Crippen molar-refractivity contribution in [2.24, 2.45) is 0 Å². The molecule has 1 aromatic heterocycles. The number of hydrogen-bond donors (Lipinski definition) is 1. The molecule has 220 valence electrons. The van der Waals surface area contributed by atoms with Gasteiger partial charge in [0.2, 0.25) is 0 Å². The van der Waals surface area contributed by atoms with E-state index in [1.54, 1.807) is 46.4 Å². The van der Waals surface area contributed by atoms with E-state index < -0.39 is 23.4 Å². The molecular weight excluding hydrogens is 506 g/mol. The predicted octanol–water partition coefficient (Wildman–Crippen LogP) is 4.65. The maximum absolute atomic E-state index is 13.0. The van der Waals surface area contributed by atoms with Crippen molar-refractivity contribution in [2.45, 2.75) is 104 Å². The fraction of sp³-hybridized carbons (Fsp3) is 0.778. The normalized spacial score (nSPS) is 19.3. The van der Waals surface area contributed by atoms with Gasteiger partial charge in [0.1, 0.15) is 22.7 Å². The molecule has 0 spiro atoms. The van der Waals surface area contributed by atoms with Gasteiger partial charge in [-0.05, 0) is 60.8 Å². The fourth-order valence-electron chi connectivity index (χ4n) is 4.49. The summed E-state index contributed by atoms with van der Waals surface area (Å²) in [5, 5.41) is 8.46. The molecule has 2 bridgehead atoms. The van der Waals surface area contributed by atoms with Gasteiger partial charge in [-0.25, -0.2) is 14.4 Å². The lowest BCUT2D eigenvalue weighted by Gasteiger charge is -2.28. The molecule has 0 aliphatic carbocycles. The molecule has 4 amide bonds. The highest BCUT2D eigenvalue weighted by Gasteiger charge is 2.46. The maximum Gasteiger partial charge on any atom is 0.410 e. The molecule has 3 heterocycles. The number of carbonyl (C=O) groups is 3. The van der Waals surface area contributed by atoms with Crippen LogP contribution in [-0.2, 0) is 20.7 Å². The minimum atomic E-state index is -0.664. The van der Waals surface area contributed by atoms with Crippen LogP contribution in [0, 0.1) is 0 Å². The number of ether oxygens (including phenoxy) is 2. The van der Waals surface area contributed by atoms with Gasteiger partial charge in [0.15, 0.2) is 0 Å². The van der Waals surface area contributed by atoms with E-state index >= 15 is 0 Å². The van der Waals surface area contributed by atoms with Crippen LogP contribution in [0.4, 0.5) is 14.4 Å². The molecule has 0 aromatic carbocycles. The molecular formula is C27H45N5O7. The van der Waals surface area contributed by atoms with Gasteiger partial charge < -0.3 is 29.1 Å². The third kappa shape index (κ3) is 9.01. The molecule has 2 fully saturated rings. The summed E-state index contributed by atoms with van der Waals surface area (Å²) in [5.74, 6) is 0.600. The monoisotopic (exact) mass is 551 g/mol. The minimum absolute atomic E-state index is 0.0636. The van der Waals surface area contributed by atoms with Crippen LogP contribution in [0.15, 0.2) is 10.6 Å². The van der Waals surface area contributed by atoms with Crippen molar-refractivity contribution in [3.05, 3.63) is 17.5 Å². The first-order valence-corrected chi connectivity index (χ1v) is 13.9. The number of nitrogens with one attached hydrogen (secondary N) is 1. The van der Waals surface area contributed by atoms with Gasteiger partial charge in [-0.2, -0.15) is 5.06 Å². The van der Waals surface area contributed by atoms with Gasteiger partial charge in [0, 0.05) is 38.7 Å². The highest BCUT2D eigenvalue weighted by atomic mass is 16.7. The molecule has 39 heavy (non-hydrogen) atoms. The van der Waals surface area contributed by atoms with Crippen molar-refractivity contribution in [1.82, 2.24) is 25.3 Å². The Hall–Kier alpha value is -3.02. The Kier molecular flexibility index (Phi) is 10.1. The molecule has 12 heteroatoms. The van der Waals surface area contributed by atoms with Gasteiger partial charge in [0.25, 0.3) is 0 Å². The zero-order chi connectivity index (χ0) is 28.8. The van der Waals surface area contributed by atoms with E-state index in [9.17, 15) is 14.4 Å². The Bertz CT molecular complexity index is 984. The quantitative estimate of drug-likeness (QED) is 0.394. The third-order valence-corrected chi connectivity index (χ3v) is 6.30. The first kappa shape index (κ1) is 30.5. The standard InChI is InChI=1S/C27H45N5O7/c1-8-9-16-36-32-19-10-11-22(31(18-19)24(32)34)21-17-20(39-29-21)12-14-30(25(35)38-27(5,6)7)15-13-28-23(33)37-26(2,3)4/h17,19,22H,8-16,18H2,1-7H3,(H,28,33)/t19-,22-/m0/s1. The first-order chi connectivity index (χ1) is 18.3. The summed E-state index contributed by atoms with van der Waals surface area (Å²) in [7, 11) is 0. The highest BCUT2D eigenvalue weighted by molar-refractivity contribution is 5.77. The smallest absolute Gasteiger partial charge is 0.410 e. The van der Waals surface area contributed by atoms with Gasteiger partial charge in [0.05, 0.1) is 18.7 Å². The number of rotatable bonds is 11. The summed E-state index contributed by atoms with van der Waals surface area (Å²) in [6.07, 6.45) is 2.88. The summed E-state index contributed by atoms with van der Waals surface area (Å²) in [4.78, 5) is 46.9. The van der Waals surface area contributed by atoms with E-state index in [0.29, 0.717) is 37.6 Å². The molecule has 1 N–H and O–H groups in total. The first-order valence-electron chi connectivity index (χ1n) is 13.9. The number of aromatic nitrogens is 1. The molecule has 2 aliphatic heterocycles. The van der Waals surface area contributed by atoms with Gasteiger partial charge in [-0.15, -0.1) is 0 Å². The summed E-state index contributed by atoms with van der Waals surface area (Å²) < 4.78 is 16.4. The number of amides is 4. The number of alkyl carbamates (subject to hydrolysis) is 1. The lowest BCUT2D eigenvalue weighted by Crippen LogP contribution is -2.43. The Balaban J connectivity index is 1.58. The molecule has 2 aliphatic rings. The number of carbonyl (C=O) groups excluding carboxylic acids is 3. The number of fused-ring (bicyclic) bond motifs is 2. The number of hydroxylamine groups is 2. The largest absolute Gasteiger partial charge is 0.444 e. The number of urea groups is 1. The Morgan fingerprint density at radius 2 is 1.85 bits per heavy atom. The van der Waals surface area contributed by atoms with Crippen molar-refractivity contribution < 1.29 is 33.2 Å². The van der Waals surface area contributed by atoms with Crippen molar-refractivity contribution >= 4 is 18.2 Å². The molecule has 3 rings (SSSR count). The van der Waals surface area contributed by atoms with Crippen molar-refractivity contribution in [3.63, 3.8) is 0 Å². The van der Waals surface area contributed by atoms with Crippen molar-refractivity contribution in [3.8, 4) is 0 Å². The van der Waals surface area contributed by atoms with Gasteiger partial charge in [-0.1, -0.05) is 18.5 Å². The zero-order valence-corrected chi connectivity index (χ0v) is 24.4. The van der Waals surface area contributed by atoms with Crippen molar-refractivity contribution in [1.29, 1.82) is 0 Å². The van der Waals surface area contributed by atoms with E-state index in [1.807, 2.05) is 6.07 Å². The molecule has 0 saturated carbocycles. The van der Waals surface area contributed by atoms with Gasteiger partial charge >= 0.3 is 18.2 Å². The molecule has 1 aromatic rings. The van der Waals surface area contributed by atoms with E-state index in [4.69, 9.17) is 18.8 Å². The molecule has 0 radical (unpaired) electrons. The second kappa shape index (κ2) is 12.9. The van der Waals surface area contributed by atoms with Crippen LogP contribution in [0.3, 0.4) is 0 Å². The molecule has 12 nitrogen and oxygen atoms in total. The Labute approximate surface area is 231 Å². The van der Waals surface area contributed by atoms with Crippen LogP contribution in [0.2, 0.25) is 0 Å². The lowest BCUT2D eigenvalue weighted by molar-refractivity contribution is -0.130. The second-order valence-corrected chi connectivity index (χ2v) is 12.1.